The lowest BCUT2D eigenvalue weighted by Gasteiger charge is -2.30. The maximum atomic E-state index is 14.2. The number of hydrogen-bond donors (Lipinski definition) is 1. The van der Waals surface area contributed by atoms with E-state index < -0.39 is 18.1 Å². The highest BCUT2D eigenvalue weighted by atomic mass is 16.2. The zero-order valence-electron chi connectivity index (χ0n) is 19.8. The van der Waals surface area contributed by atoms with Gasteiger partial charge in [-0.25, -0.2) is 9.79 Å². The fourth-order valence-corrected chi connectivity index (χ4v) is 4.99. The number of primary amides is 1. The van der Waals surface area contributed by atoms with Gasteiger partial charge in [-0.3, -0.25) is 19.5 Å². The molecule has 182 valence electrons. The fourth-order valence-electron chi connectivity index (χ4n) is 4.99. The molecule has 2 heterocycles. The van der Waals surface area contributed by atoms with Crippen LogP contribution < -0.4 is 15.5 Å². The van der Waals surface area contributed by atoms with E-state index in [0.717, 1.165) is 36.1 Å². The third kappa shape index (κ3) is 4.49. The lowest BCUT2D eigenvalue weighted by molar-refractivity contribution is -0.125. The Morgan fingerprint density at radius 2 is 1.69 bits per heavy atom. The standard InChI is InChI=1S/C28H27N5O3/c29-28(36)33(21-13-8-16-30-17-21)26-27(35)32(18-24(34)19-9-4-5-10-19)23-15-7-6-14-22(23)25(31-26)20-11-2-1-3-12-20/h1-3,6-8,11-17,19,26H,4-5,9-10,18H2,(H2,29,36)/t26-/m1/s1. The smallest absolute Gasteiger partial charge is 0.321 e. The van der Waals surface area contributed by atoms with Gasteiger partial charge in [-0.05, 0) is 31.0 Å². The third-order valence-electron chi connectivity index (χ3n) is 6.77. The van der Waals surface area contributed by atoms with Crippen LogP contribution in [0.25, 0.3) is 0 Å². The number of ketones is 1. The largest absolute Gasteiger partial charge is 0.351 e. The van der Waals surface area contributed by atoms with Crippen LogP contribution in [-0.2, 0) is 9.59 Å². The van der Waals surface area contributed by atoms with E-state index in [0.29, 0.717) is 22.6 Å². The van der Waals surface area contributed by atoms with Gasteiger partial charge < -0.3 is 10.6 Å². The highest BCUT2D eigenvalue weighted by Gasteiger charge is 2.39. The number of anilines is 2. The van der Waals surface area contributed by atoms with E-state index in [-0.39, 0.29) is 18.2 Å². The quantitative estimate of drug-likeness (QED) is 0.575. The molecule has 0 unspecified atom stereocenters. The van der Waals surface area contributed by atoms with Gasteiger partial charge in [-0.15, -0.1) is 0 Å². The number of aromatic nitrogens is 1. The molecule has 1 aliphatic heterocycles. The van der Waals surface area contributed by atoms with Crippen molar-refractivity contribution in [1.29, 1.82) is 0 Å². The first-order valence-electron chi connectivity index (χ1n) is 12.1. The van der Waals surface area contributed by atoms with Gasteiger partial charge in [0.05, 0.1) is 29.8 Å². The van der Waals surface area contributed by atoms with Gasteiger partial charge in [0.1, 0.15) is 0 Å². The van der Waals surface area contributed by atoms with E-state index >= 15 is 0 Å². The Morgan fingerprint density at radius 1 is 0.972 bits per heavy atom. The van der Waals surface area contributed by atoms with Crippen molar-refractivity contribution < 1.29 is 14.4 Å². The Balaban J connectivity index is 1.67. The van der Waals surface area contributed by atoms with E-state index in [4.69, 9.17) is 10.7 Å². The SMILES string of the molecule is NC(=O)N(c1cccnc1)[C@H]1N=C(c2ccccc2)c2ccccc2N(CC(=O)C2CCCC2)C1=O. The number of amides is 3. The zero-order chi connectivity index (χ0) is 25.1. The number of fused-ring (bicyclic) bond motifs is 1. The Bertz CT molecular complexity index is 1300. The minimum Gasteiger partial charge on any atom is -0.351 e. The molecule has 1 saturated carbocycles. The maximum absolute atomic E-state index is 14.2. The van der Waals surface area contributed by atoms with Gasteiger partial charge in [0.2, 0.25) is 6.17 Å². The molecule has 8 nitrogen and oxygen atoms in total. The summed E-state index contributed by atoms with van der Waals surface area (Å²) >= 11 is 0. The summed E-state index contributed by atoms with van der Waals surface area (Å²) in [6, 6.07) is 19.3. The minimum atomic E-state index is -1.31. The van der Waals surface area contributed by atoms with E-state index in [9.17, 15) is 14.4 Å². The van der Waals surface area contributed by atoms with Crippen molar-refractivity contribution >= 4 is 34.8 Å². The molecule has 36 heavy (non-hydrogen) atoms. The predicted molar refractivity (Wildman–Crippen MR) is 138 cm³/mol. The van der Waals surface area contributed by atoms with Crippen molar-refractivity contribution in [3.05, 3.63) is 90.3 Å². The molecule has 0 spiro atoms. The van der Waals surface area contributed by atoms with Gasteiger partial charge in [0.15, 0.2) is 5.78 Å². The van der Waals surface area contributed by atoms with Gasteiger partial charge in [0.25, 0.3) is 5.91 Å². The van der Waals surface area contributed by atoms with Crippen molar-refractivity contribution in [1.82, 2.24) is 4.98 Å². The Morgan fingerprint density at radius 3 is 2.39 bits per heavy atom. The number of hydrogen-bond acceptors (Lipinski definition) is 5. The van der Waals surface area contributed by atoms with Crippen LogP contribution in [0.5, 0.6) is 0 Å². The number of aliphatic imine (C=N–C) groups is 1. The molecule has 1 aromatic heterocycles. The molecular weight excluding hydrogens is 454 g/mol. The number of nitrogens with two attached hydrogens (primary N) is 1. The third-order valence-corrected chi connectivity index (χ3v) is 6.77. The number of benzene rings is 2. The fraction of sp³-hybridized carbons (Fsp3) is 0.250. The lowest BCUT2D eigenvalue weighted by Crippen LogP contribution is -2.53. The molecule has 2 N–H and O–H groups in total. The van der Waals surface area contributed by atoms with Crippen molar-refractivity contribution in [2.75, 3.05) is 16.3 Å². The van der Waals surface area contributed by atoms with Gasteiger partial charge in [-0.1, -0.05) is 61.4 Å². The second kappa shape index (κ2) is 10.1. The number of rotatable bonds is 6. The predicted octanol–water partition coefficient (Wildman–Crippen LogP) is 3.94. The molecule has 1 atom stereocenters. The summed E-state index contributed by atoms with van der Waals surface area (Å²) in [6.07, 6.45) is 5.41. The van der Waals surface area contributed by atoms with Crippen LogP contribution in [0, 0.1) is 5.92 Å². The molecule has 0 radical (unpaired) electrons. The molecule has 2 aromatic carbocycles. The molecule has 3 aromatic rings. The number of pyridine rings is 1. The lowest BCUT2D eigenvalue weighted by atomic mass is 9.99. The second-order valence-corrected chi connectivity index (χ2v) is 9.03. The van der Waals surface area contributed by atoms with E-state index in [1.807, 2.05) is 54.6 Å². The number of carbonyl (C=O) groups excluding carboxylic acids is 3. The van der Waals surface area contributed by atoms with E-state index in [2.05, 4.69) is 4.98 Å². The summed E-state index contributed by atoms with van der Waals surface area (Å²) in [5, 5.41) is 0. The van der Waals surface area contributed by atoms with Crippen LogP contribution in [0.2, 0.25) is 0 Å². The average Bonchev–Trinajstić information content (AvgIpc) is 3.42. The number of urea groups is 1. The summed E-state index contributed by atoms with van der Waals surface area (Å²) in [5.41, 5.74) is 8.74. The molecule has 1 fully saturated rings. The van der Waals surface area contributed by atoms with Crippen LogP contribution in [-0.4, -0.2) is 41.1 Å². The number of nitrogens with zero attached hydrogens (tertiary/aromatic N) is 4. The number of carbonyl (C=O) groups is 3. The van der Waals surface area contributed by atoms with Gasteiger partial charge in [-0.2, -0.15) is 0 Å². The zero-order valence-corrected chi connectivity index (χ0v) is 19.8. The van der Waals surface area contributed by atoms with Crippen LogP contribution in [0.1, 0.15) is 36.8 Å². The van der Waals surface area contributed by atoms with Gasteiger partial charge >= 0.3 is 6.03 Å². The highest BCUT2D eigenvalue weighted by molar-refractivity contribution is 6.21. The van der Waals surface area contributed by atoms with Crippen molar-refractivity contribution in [2.45, 2.75) is 31.8 Å². The second-order valence-electron chi connectivity index (χ2n) is 9.03. The molecule has 1 aliphatic carbocycles. The molecule has 8 heteroatoms. The number of Topliss-reactive ketones (excluding diaryl/α,β-unsaturated/α-hetero) is 1. The Kier molecular flexibility index (Phi) is 6.58. The van der Waals surface area contributed by atoms with Crippen LogP contribution in [0.4, 0.5) is 16.2 Å². The summed E-state index contributed by atoms with van der Waals surface area (Å²) in [4.78, 5) is 51.7. The molecule has 5 rings (SSSR count). The number of benzodiazepines with no additional fused rings is 1. The summed E-state index contributed by atoms with van der Waals surface area (Å²) < 4.78 is 0. The van der Waals surface area contributed by atoms with Crippen molar-refractivity contribution in [2.24, 2.45) is 16.6 Å². The van der Waals surface area contributed by atoms with Crippen molar-refractivity contribution in [3.8, 4) is 0 Å². The summed E-state index contributed by atoms with van der Waals surface area (Å²) in [6.45, 7) is -0.0890. The minimum absolute atomic E-state index is 0.0181. The molecule has 0 bridgehead atoms. The Labute approximate surface area is 209 Å². The number of para-hydroxylation sites is 1. The maximum Gasteiger partial charge on any atom is 0.321 e. The first kappa shape index (κ1) is 23.4. The summed E-state index contributed by atoms with van der Waals surface area (Å²) in [7, 11) is 0. The molecule has 3 amide bonds. The molecular formula is C28H27N5O3. The summed E-state index contributed by atoms with van der Waals surface area (Å²) in [5.74, 6) is -0.543. The monoisotopic (exact) mass is 481 g/mol. The molecule has 0 saturated heterocycles. The van der Waals surface area contributed by atoms with Crippen molar-refractivity contribution in [3.63, 3.8) is 0 Å². The normalized spacial score (nSPS) is 17.8. The van der Waals surface area contributed by atoms with E-state index in [1.165, 1.54) is 11.1 Å². The molecule has 2 aliphatic rings. The first-order chi connectivity index (χ1) is 17.5. The van der Waals surface area contributed by atoms with Crippen LogP contribution >= 0.6 is 0 Å². The van der Waals surface area contributed by atoms with Gasteiger partial charge in [0, 0.05) is 23.2 Å². The Hall–Kier alpha value is -4.33. The topological polar surface area (TPSA) is 109 Å². The average molecular weight is 482 g/mol. The highest BCUT2D eigenvalue weighted by Crippen LogP contribution is 2.32. The van der Waals surface area contributed by atoms with Crippen LogP contribution in [0.15, 0.2) is 84.1 Å². The first-order valence-corrected chi connectivity index (χ1v) is 12.1. The van der Waals surface area contributed by atoms with E-state index in [1.54, 1.807) is 18.3 Å². The van der Waals surface area contributed by atoms with Crippen LogP contribution in [0.3, 0.4) is 0 Å².